The van der Waals surface area contributed by atoms with E-state index in [1.54, 1.807) is 12.1 Å². The van der Waals surface area contributed by atoms with Gasteiger partial charge in [0.2, 0.25) is 11.5 Å². The van der Waals surface area contributed by atoms with Crippen molar-refractivity contribution in [2.75, 3.05) is 20.3 Å². The first-order valence-corrected chi connectivity index (χ1v) is 5.78. The van der Waals surface area contributed by atoms with Crippen molar-refractivity contribution >= 4 is 11.0 Å². The highest BCUT2D eigenvalue weighted by Gasteiger charge is 2.27. The summed E-state index contributed by atoms with van der Waals surface area (Å²) >= 11 is 0. The molecule has 0 saturated heterocycles. The Hall–Kier alpha value is -2.21. The standard InChI is InChI=1S/C13H12O6/c1-16-9-4-7-2-3-10(15)19-11(7)13-12(9)17-6-8(5-14)18-13/h2-4,8,14H,5-6H2,1H3/t8-/m1/s1. The second-order valence-electron chi connectivity index (χ2n) is 4.14. The molecule has 3 rings (SSSR count). The van der Waals surface area contributed by atoms with Crippen molar-refractivity contribution in [1.82, 2.24) is 0 Å². The van der Waals surface area contributed by atoms with E-state index in [-0.39, 0.29) is 19.0 Å². The molecule has 1 aliphatic rings. The van der Waals surface area contributed by atoms with Crippen molar-refractivity contribution in [2.24, 2.45) is 0 Å². The number of aliphatic hydroxyl groups is 1. The maximum atomic E-state index is 11.3. The zero-order chi connectivity index (χ0) is 13.4. The molecule has 19 heavy (non-hydrogen) atoms. The van der Waals surface area contributed by atoms with Gasteiger partial charge in [-0.15, -0.1) is 0 Å². The van der Waals surface area contributed by atoms with E-state index < -0.39 is 11.7 Å². The fourth-order valence-corrected chi connectivity index (χ4v) is 2.00. The molecule has 6 nitrogen and oxygen atoms in total. The first kappa shape index (κ1) is 11.9. The van der Waals surface area contributed by atoms with Gasteiger partial charge in [-0.25, -0.2) is 4.79 Å². The van der Waals surface area contributed by atoms with Crippen LogP contribution in [0.15, 0.2) is 27.4 Å². The van der Waals surface area contributed by atoms with Gasteiger partial charge in [0, 0.05) is 11.5 Å². The zero-order valence-corrected chi connectivity index (χ0v) is 10.2. The van der Waals surface area contributed by atoms with E-state index in [0.29, 0.717) is 22.5 Å². The topological polar surface area (TPSA) is 78.1 Å². The molecule has 1 aromatic carbocycles. The first-order chi connectivity index (χ1) is 9.22. The number of rotatable bonds is 2. The zero-order valence-electron chi connectivity index (χ0n) is 10.2. The van der Waals surface area contributed by atoms with Crippen LogP contribution < -0.4 is 19.8 Å². The molecule has 0 fully saturated rings. The molecular formula is C13H12O6. The molecule has 1 aromatic heterocycles. The SMILES string of the molecule is COc1cc2ccc(=O)oc2c2c1OC[C@@H](CO)O2. The lowest BCUT2D eigenvalue weighted by molar-refractivity contribution is 0.0442. The molecule has 0 amide bonds. The van der Waals surface area contributed by atoms with Gasteiger partial charge in [-0.3, -0.25) is 0 Å². The molecule has 1 N–H and O–H groups in total. The average molecular weight is 264 g/mol. The summed E-state index contributed by atoms with van der Waals surface area (Å²) in [5.74, 6) is 1.17. The molecule has 1 aliphatic heterocycles. The van der Waals surface area contributed by atoms with E-state index in [0.717, 1.165) is 0 Å². The molecule has 0 spiro atoms. The minimum absolute atomic E-state index is 0.185. The largest absolute Gasteiger partial charge is 0.493 e. The minimum Gasteiger partial charge on any atom is -0.493 e. The van der Waals surface area contributed by atoms with Crippen LogP contribution in [0.3, 0.4) is 0 Å². The van der Waals surface area contributed by atoms with E-state index in [1.807, 2.05) is 0 Å². The van der Waals surface area contributed by atoms with Crippen LogP contribution in [-0.4, -0.2) is 31.5 Å². The Labute approximate surface area is 108 Å². The fourth-order valence-electron chi connectivity index (χ4n) is 2.00. The number of hydrogen-bond acceptors (Lipinski definition) is 6. The lowest BCUT2D eigenvalue weighted by Crippen LogP contribution is -2.32. The van der Waals surface area contributed by atoms with Gasteiger partial charge >= 0.3 is 5.63 Å². The van der Waals surface area contributed by atoms with Crippen LogP contribution in [0.25, 0.3) is 11.0 Å². The summed E-state index contributed by atoms with van der Waals surface area (Å²) in [4.78, 5) is 11.3. The third-order valence-corrected chi connectivity index (χ3v) is 2.91. The molecule has 1 atom stereocenters. The van der Waals surface area contributed by atoms with Crippen LogP contribution in [0.1, 0.15) is 0 Å². The monoisotopic (exact) mass is 264 g/mol. The first-order valence-electron chi connectivity index (χ1n) is 5.78. The quantitative estimate of drug-likeness (QED) is 0.813. The van der Waals surface area contributed by atoms with Crippen molar-refractivity contribution in [3.8, 4) is 17.2 Å². The maximum absolute atomic E-state index is 11.3. The number of methoxy groups -OCH3 is 1. The molecule has 100 valence electrons. The highest BCUT2D eigenvalue weighted by atomic mass is 16.6. The van der Waals surface area contributed by atoms with E-state index in [4.69, 9.17) is 23.7 Å². The molecule has 0 aliphatic carbocycles. The summed E-state index contributed by atoms with van der Waals surface area (Å²) < 4.78 is 21.5. The van der Waals surface area contributed by atoms with Gasteiger partial charge < -0.3 is 23.7 Å². The van der Waals surface area contributed by atoms with Gasteiger partial charge in [0.05, 0.1) is 13.7 Å². The van der Waals surface area contributed by atoms with Crippen LogP contribution in [0.2, 0.25) is 0 Å². The van der Waals surface area contributed by atoms with Crippen molar-refractivity contribution in [1.29, 1.82) is 0 Å². The normalized spacial score (nSPS) is 17.5. The van der Waals surface area contributed by atoms with Gasteiger partial charge in [-0.1, -0.05) is 0 Å². The Balaban J connectivity index is 2.28. The Kier molecular flexibility index (Phi) is 2.79. The van der Waals surface area contributed by atoms with E-state index >= 15 is 0 Å². The number of ether oxygens (including phenoxy) is 3. The van der Waals surface area contributed by atoms with Crippen molar-refractivity contribution in [3.05, 3.63) is 28.6 Å². The van der Waals surface area contributed by atoms with Crippen molar-refractivity contribution in [2.45, 2.75) is 6.10 Å². The average Bonchev–Trinajstić information content (AvgIpc) is 2.46. The predicted molar refractivity (Wildman–Crippen MR) is 66.0 cm³/mol. The number of hydrogen-bond donors (Lipinski definition) is 1. The van der Waals surface area contributed by atoms with Crippen molar-refractivity contribution in [3.63, 3.8) is 0 Å². The number of aliphatic hydroxyl groups excluding tert-OH is 1. The molecule has 6 heteroatoms. The molecule has 0 saturated carbocycles. The highest BCUT2D eigenvalue weighted by Crippen LogP contribution is 2.45. The Morgan fingerprint density at radius 3 is 3.00 bits per heavy atom. The molecule has 2 aromatic rings. The van der Waals surface area contributed by atoms with Crippen LogP contribution in [-0.2, 0) is 0 Å². The van der Waals surface area contributed by atoms with Crippen LogP contribution >= 0.6 is 0 Å². The summed E-state index contributed by atoms with van der Waals surface area (Å²) in [7, 11) is 1.52. The van der Waals surface area contributed by atoms with Gasteiger partial charge in [-0.05, 0) is 12.1 Å². The summed E-state index contributed by atoms with van der Waals surface area (Å²) in [6, 6.07) is 4.65. The third kappa shape index (κ3) is 1.90. The van der Waals surface area contributed by atoms with E-state index in [9.17, 15) is 4.79 Å². The molecule has 0 radical (unpaired) electrons. The lowest BCUT2D eigenvalue weighted by atomic mass is 10.1. The lowest BCUT2D eigenvalue weighted by Gasteiger charge is -2.26. The summed E-state index contributed by atoms with van der Waals surface area (Å²) in [5.41, 5.74) is -0.184. The summed E-state index contributed by atoms with van der Waals surface area (Å²) in [6.07, 6.45) is -0.492. The molecular weight excluding hydrogens is 252 g/mol. The van der Waals surface area contributed by atoms with E-state index in [1.165, 1.54) is 13.2 Å². The van der Waals surface area contributed by atoms with Crippen LogP contribution in [0.5, 0.6) is 17.2 Å². The molecule has 0 bridgehead atoms. The summed E-state index contributed by atoms with van der Waals surface area (Å²) in [6.45, 7) is 0.0254. The highest BCUT2D eigenvalue weighted by molar-refractivity contribution is 5.88. The maximum Gasteiger partial charge on any atom is 0.336 e. The van der Waals surface area contributed by atoms with Gasteiger partial charge in [0.1, 0.15) is 6.61 Å². The molecule has 2 heterocycles. The van der Waals surface area contributed by atoms with Crippen molar-refractivity contribution < 1.29 is 23.7 Å². The summed E-state index contributed by atoms with van der Waals surface area (Å²) in [5, 5.41) is 9.81. The van der Waals surface area contributed by atoms with Gasteiger partial charge in [-0.2, -0.15) is 0 Å². The third-order valence-electron chi connectivity index (χ3n) is 2.91. The van der Waals surface area contributed by atoms with E-state index in [2.05, 4.69) is 0 Å². The van der Waals surface area contributed by atoms with Crippen LogP contribution in [0.4, 0.5) is 0 Å². The van der Waals surface area contributed by atoms with Gasteiger partial charge in [0.15, 0.2) is 17.4 Å². The fraction of sp³-hybridized carbons (Fsp3) is 0.308. The smallest absolute Gasteiger partial charge is 0.336 e. The Morgan fingerprint density at radius 2 is 2.26 bits per heavy atom. The van der Waals surface area contributed by atoms with Gasteiger partial charge in [0.25, 0.3) is 0 Å². The second kappa shape index (κ2) is 4.47. The minimum atomic E-state index is -0.492. The number of benzene rings is 1. The van der Waals surface area contributed by atoms with Crippen LogP contribution in [0, 0.1) is 0 Å². The Bertz CT molecular complexity index is 675. The number of fused-ring (bicyclic) bond motifs is 3. The predicted octanol–water partition coefficient (Wildman–Crippen LogP) is 0.934. The molecule has 0 unspecified atom stereocenters. The Morgan fingerprint density at radius 1 is 1.42 bits per heavy atom. The second-order valence-corrected chi connectivity index (χ2v) is 4.14.